The molecule has 1 saturated heterocycles. The van der Waals surface area contributed by atoms with Crippen LogP contribution < -0.4 is 11.5 Å². The van der Waals surface area contributed by atoms with Gasteiger partial charge in [0.05, 0.1) is 11.5 Å². The molecule has 5 rings (SSSR count). The first-order chi connectivity index (χ1) is 14.5. The minimum absolute atomic E-state index is 0.0363. The van der Waals surface area contributed by atoms with Gasteiger partial charge < -0.3 is 20.8 Å². The number of carbonyl (C=O) groups is 2. The molecule has 30 heavy (non-hydrogen) atoms. The van der Waals surface area contributed by atoms with Gasteiger partial charge in [0, 0.05) is 40.9 Å². The quantitative estimate of drug-likeness (QED) is 0.700. The molecule has 6 nitrogen and oxygen atoms in total. The third-order valence-electron chi connectivity index (χ3n) is 6.64. The molecule has 0 spiro atoms. The summed E-state index contributed by atoms with van der Waals surface area (Å²) in [6.45, 7) is 1.17. The predicted octanol–water partition coefficient (Wildman–Crippen LogP) is 3.00. The van der Waals surface area contributed by atoms with Gasteiger partial charge >= 0.3 is 0 Å². The monoisotopic (exact) mass is 403 g/mol. The zero-order valence-electron chi connectivity index (χ0n) is 16.8. The summed E-state index contributed by atoms with van der Waals surface area (Å²) >= 11 is 0. The Labute approximate surface area is 174 Å². The van der Waals surface area contributed by atoms with E-state index >= 15 is 0 Å². The zero-order chi connectivity index (χ0) is 20.9. The summed E-state index contributed by atoms with van der Waals surface area (Å²) in [7, 11) is 0. The Morgan fingerprint density at radius 2 is 1.97 bits per heavy atom. The van der Waals surface area contributed by atoms with Gasteiger partial charge in [0.25, 0.3) is 0 Å². The minimum Gasteiger partial charge on any atom is -0.378 e. The number of benzene rings is 2. The van der Waals surface area contributed by atoms with E-state index in [1.165, 1.54) is 0 Å². The number of hydrogen-bond acceptors (Lipinski definition) is 3. The lowest BCUT2D eigenvalue weighted by molar-refractivity contribution is -0.130. The van der Waals surface area contributed by atoms with Crippen molar-refractivity contribution in [3.8, 4) is 11.3 Å². The third kappa shape index (κ3) is 2.99. The van der Waals surface area contributed by atoms with E-state index in [0.717, 1.165) is 47.2 Å². The summed E-state index contributed by atoms with van der Waals surface area (Å²) in [5, 5.41) is 1.00. The maximum atomic E-state index is 12.9. The molecule has 2 aromatic carbocycles. The predicted molar refractivity (Wildman–Crippen MR) is 115 cm³/mol. The number of nitrogens with two attached hydrogens (primary N) is 2. The summed E-state index contributed by atoms with van der Waals surface area (Å²) < 4.78 is 8.02. The number of amides is 2. The molecule has 1 fully saturated rings. The number of fused-ring (bicyclic) bond motifs is 5. The molecule has 1 aromatic heterocycles. The number of ether oxygens (including phenoxy) is 1. The van der Waals surface area contributed by atoms with Gasteiger partial charge in [-0.05, 0) is 49.4 Å². The lowest BCUT2D eigenvalue weighted by atomic mass is 9.75. The van der Waals surface area contributed by atoms with E-state index < -0.39 is 11.3 Å². The first-order valence-electron chi connectivity index (χ1n) is 10.4. The number of primary amides is 2. The summed E-state index contributed by atoms with van der Waals surface area (Å²) in [4.78, 5) is 24.7. The first-order valence-corrected chi connectivity index (χ1v) is 10.4. The van der Waals surface area contributed by atoms with Crippen LogP contribution in [0.1, 0.15) is 35.2 Å². The molecule has 4 N–H and O–H groups in total. The maximum Gasteiger partial charge on any atom is 0.248 e. The van der Waals surface area contributed by atoms with Crippen LogP contribution in [0.15, 0.2) is 48.5 Å². The molecule has 0 bridgehead atoms. The molecule has 0 saturated carbocycles. The van der Waals surface area contributed by atoms with Crippen molar-refractivity contribution in [2.24, 2.45) is 16.9 Å². The largest absolute Gasteiger partial charge is 0.378 e. The van der Waals surface area contributed by atoms with E-state index in [-0.39, 0.29) is 12.0 Å². The summed E-state index contributed by atoms with van der Waals surface area (Å²) in [6, 6.07) is 15.7. The van der Waals surface area contributed by atoms with Crippen LogP contribution in [0.3, 0.4) is 0 Å². The van der Waals surface area contributed by atoms with Crippen molar-refractivity contribution in [2.45, 2.75) is 38.3 Å². The Morgan fingerprint density at radius 3 is 2.70 bits per heavy atom. The van der Waals surface area contributed by atoms with Crippen molar-refractivity contribution in [1.29, 1.82) is 0 Å². The van der Waals surface area contributed by atoms with Crippen LogP contribution in [0.25, 0.3) is 22.2 Å². The fraction of sp³-hybridized carbons (Fsp3) is 0.333. The average Bonchev–Trinajstić information content (AvgIpc) is 3.32. The van der Waals surface area contributed by atoms with Gasteiger partial charge in [0.1, 0.15) is 0 Å². The molecule has 2 aliphatic rings. The normalized spacial score (nSPS) is 23.0. The number of aromatic nitrogens is 1. The van der Waals surface area contributed by atoms with Crippen molar-refractivity contribution in [3.05, 3.63) is 59.7 Å². The molecule has 2 unspecified atom stereocenters. The van der Waals surface area contributed by atoms with Crippen LogP contribution >= 0.6 is 0 Å². The molecular weight excluding hydrogens is 378 g/mol. The van der Waals surface area contributed by atoms with Crippen LogP contribution in [0, 0.1) is 5.41 Å². The van der Waals surface area contributed by atoms with Crippen molar-refractivity contribution in [1.82, 2.24) is 4.57 Å². The van der Waals surface area contributed by atoms with E-state index in [1.54, 1.807) is 6.07 Å². The Hall–Kier alpha value is -3.12. The lowest BCUT2D eigenvalue weighted by Crippen LogP contribution is -2.44. The van der Waals surface area contributed by atoms with E-state index in [4.69, 9.17) is 16.2 Å². The highest BCUT2D eigenvalue weighted by Gasteiger charge is 2.43. The first kappa shape index (κ1) is 18.9. The molecule has 3 heterocycles. The van der Waals surface area contributed by atoms with Crippen LogP contribution in [-0.4, -0.2) is 29.1 Å². The molecule has 6 heteroatoms. The second-order valence-corrected chi connectivity index (χ2v) is 8.57. The lowest BCUT2D eigenvalue weighted by Gasteiger charge is -2.32. The van der Waals surface area contributed by atoms with Gasteiger partial charge in [-0.3, -0.25) is 9.59 Å². The van der Waals surface area contributed by atoms with Crippen LogP contribution in [0.4, 0.5) is 0 Å². The van der Waals surface area contributed by atoms with E-state index in [0.29, 0.717) is 24.9 Å². The Morgan fingerprint density at radius 1 is 1.13 bits per heavy atom. The molecule has 0 radical (unpaired) electrons. The summed E-state index contributed by atoms with van der Waals surface area (Å²) in [6.07, 6.45) is 3.15. The Kier molecular flexibility index (Phi) is 4.40. The minimum atomic E-state index is -0.773. The molecule has 2 aliphatic heterocycles. The van der Waals surface area contributed by atoms with Gasteiger partial charge in [-0.25, -0.2) is 0 Å². The highest BCUT2D eigenvalue weighted by atomic mass is 16.5. The Bertz CT molecular complexity index is 1160. The number of carbonyl (C=O) groups excluding carboxylic acids is 2. The molecule has 3 aromatic rings. The highest BCUT2D eigenvalue weighted by molar-refractivity contribution is 5.98. The number of nitrogens with zero attached hydrogens (tertiary/aromatic N) is 1. The average molecular weight is 403 g/mol. The van der Waals surface area contributed by atoms with Gasteiger partial charge in [0.2, 0.25) is 11.8 Å². The second kappa shape index (κ2) is 6.99. The maximum absolute atomic E-state index is 12.9. The summed E-state index contributed by atoms with van der Waals surface area (Å²) in [5.74, 6) is -0.782. The van der Waals surface area contributed by atoms with Crippen molar-refractivity contribution < 1.29 is 14.3 Å². The summed E-state index contributed by atoms with van der Waals surface area (Å²) in [5.41, 5.74) is 15.4. The van der Waals surface area contributed by atoms with Crippen LogP contribution in [-0.2, 0) is 22.5 Å². The fourth-order valence-electron chi connectivity index (χ4n) is 5.09. The standard InChI is InChI=1S/C24H25N3O3/c25-22(28)16-8-7-15-10-21-19-6-2-1-4-17(19)12-24(23(26)29,13-18-5-3-9-30-18)14-27(21)20(15)11-16/h1-2,4,6-8,10-11,18H,3,5,9,12-14H2,(H2,25,28)(H2,26,29). The number of hydrogen-bond donors (Lipinski definition) is 2. The van der Waals surface area contributed by atoms with Gasteiger partial charge in [0.15, 0.2) is 0 Å². The van der Waals surface area contributed by atoms with E-state index in [2.05, 4.69) is 22.8 Å². The SMILES string of the molecule is NC(=O)c1ccc2cc3n(c2c1)CC(CC1CCCO1)(C(N)=O)Cc1ccccc1-3. The molecular formula is C24H25N3O3. The second-order valence-electron chi connectivity index (χ2n) is 8.57. The molecule has 154 valence electrons. The number of rotatable bonds is 4. The van der Waals surface area contributed by atoms with Gasteiger partial charge in [-0.1, -0.05) is 30.3 Å². The van der Waals surface area contributed by atoms with E-state index in [1.807, 2.05) is 24.3 Å². The van der Waals surface area contributed by atoms with Crippen molar-refractivity contribution in [3.63, 3.8) is 0 Å². The zero-order valence-corrected chi connectivity index (χ0v) is 16.8. The topological polar surface area (TPSA) is 100 Å². The van der Waals surface area contributed by atoms with E-state index in [9.17, 15) is 9.59 Å². The highest BCUT2D eigenvalue weighted by Crippen LogP contribution is 2.43. The van der Waals surface area contributed by atoms with Gasteiger partial charge in [-0.15, -0.1) is 0 Å². The van der Waals surface area contributed by atoms with Crippen molar-refractivity contribution >= 4 is 22.7 Å². The van der Waals surface area contributed by atoms with Crippen molar-refractivity contribution in [2.75, 3.05) is 6.61 Å². The van der Waals surface area contributed by atoms with Crippen LogP contribution in [0.5, 0.6) is 0 Å². The molecule has 2 amide bonds. The Balaban J connectivity index is 1.74. The molecule has 0 aliphatic carbocycles. The third-order valence-corrected chi connectivity index (χ3v) is 6.64. The van der Waals surface area contributed by atoms with Gasteiger partial charge in [-0.2, -0.15) is 0 Å². The molecule has 2 atom stereocenters. The van der Waals surface area contributed by atoms with Crippen LogP contribution in [0.2, 0.25) is 0 Å². The fourth-order valence-corrected chi connectivity index (χ4v) is 5.09. The smallest absolute Gasteiger partial charge is 0.248 e.